The van der Waals surface area contributed by atoms with E-state index in [1.54, 1.807) is 6.07 Å². The number of anilines is 1. The number of carboxylic acid groups (broad SMARTS) is 1. The molecule has 2 aromatic rings. The highest BCUT2D eigenvalue weighted by atomic mass is 19.4. The van der Waals surface area contributed by atoms with Gasteiger partial charge in [-0.15, -0.1) is 13.2 Å². The molecule has 27 heavy (non-hydrogen) atoms. The van der Waals surface area contributed by atoms with Crippen molar-refractivity contribution in [3.8, 4) is 11.5 Å². The highest BCUT2D eigenvalue weighted by Crippen LogP contribution is 2.33. The van der Waals surface area contributed by atoms with Gasteiger partial charge in [0.15, 0.2) is 11.5 Å². The number of carboxylic acids is 1. The molecule has 6 nitrogen and oxygen atoms in total. The van der Waals surface area contributed by atoms with Gasteiger partial charge in [-0.2, -0.15) is 0 Å². The van der Waals surface area contributed by atoms with Crippen molar-refractivity contribution >= 4 is 23.6 Å². The Morgan fingerprint density at radius 1 is 1.11 bits per heavy atom. The molecule has 0 atom stereocenters. The molecule has 0 aliphatic rings. The molecule has 9 heteroatoms. The minimum atomic E-state index is -4.90. The fourth-order valence-corrected chi connectivity index (χ4v) is 2.13. The number of amides is 1. The molecule has 0 aliphatic heterocycles. The van der Waals surface area contributed by atoms with Crippen LogP contribution in [0.25, 0.3) is 6.08 Å². The number of alkyl halides is 3. The number of hydrogen-bond acceptors (Lipinski definition) is 4. The summed E-state index contributed by atoms with van der Waals surface area (Å²) in [5, 5.41) is 11.5. The highest BCUT2D eigenvalue weighted by molar-refractivity contribution is 6.06. The molecule has 1 amide bonds. The summed E-state index contributed by atoms with van der Waals surface area (Å²) in [7, 11) is 1.20. The molecule has 0 radical (unpaired) electrons. The van der Waals surface area contributed by atoms with Crippen molar-refractivity contribution in [2.24, 2.45) is 0 Å². The van der Waals surface area contributed by atoms with Crippen molar-refractivity contribution in [1.82, 2.24) is 0 Å². The number of nitrogens with one attached hydrogen (secondary N) is 1. The first kappa shape index (κ1) is 19.8. The molecule has 0 heterocycles. The van der Waals surface area contributed by atoms with Gasteiger partial charge in [-0.1, -0.05) is 18.2 Å². The summed E-state index contributed by atoms with van der Waals surface area (Å²) >= 11 is 0. The maximum Gasteiger partial charge on any atom is 0.573 e. The van der Waals surface area contributed by atoms with E-state index < -0.39 is 24.0 Å². The van der Waals surface area contributed by atoms with E-state index in [-0.39, 0.29) is 22.6 Å². The molecule has 0 saturated heterocycles. The summed E-state index contributed by atoms with van der Waals surface area (Å²) in [5.41, 5.74) is 0.247. The van der Waals surface area contributed by atoms with Crippen LogP contribution in [0.1, 0.15) is 15.9 Å². The summed E-state index contributed by atoms with van der Waals surface area (Å²) in [6.07, 6.45) is -2.59. The minimum Gasteiger partial charge on any atom is -0.493 e. The first-order valence-electron chi connectivity index (χ1n) is 7.45. The van der Waals surface area contributed by atoms with Crippen molar-refractivity contribution in [2.45, 2.75) is 6.36 Å². The van der Waals surface area contributed by atoms with E-state index in [0.29, 0.717) is 0 Å². The summed E-state index contributed by atoms with van der Waals surface area (Å²) in [4.78, 5) is 23.1. The Balaban J connectivity index is 2.17. The van der Waals surface area contributed by atoms with Gasteiger partial charge in [0.25, 0.3) is 0 Å². The van der Waals surface area contributed by atoms with E-state index in [9.17, 15) is 22.8 Å². The van der Waals surface area contributed by atoms with Gasteiger partial charge in [-0.3, -0.25) is 4.79 Å². The number of aromatic carboxylic acids is 1. The number of carbonyl (C=O) groups is 2. The second kappa shape index (κ2) is 8.26. The summed E-state index contributed by atoms with van der Waals surface area (Å²) in [6.45, 7) is 0. The van der Waals surface area contributed by atoms with Crippen LogP contribution >= 0.6 is 0 Å². The third-order valence-electron chi connectivity index (χ3n) is 3.26. The number of benzene rings is 2. The van der Waals surface area contributed by atoms with Crippen LogP contribution in [0.3, 0.4) is 0 Å². The largest absolute Gasteiger partial charge is 0.573 e. The third kappa shape index (κ3) is 5.77. The van der Waals surface area contributed by atoms with Gasteiger partial charge in [-0.05, 0) is 35.9 Å². The zero-order valence-corrected chi connectivity index (χ0v) is 13.9. The Bertz CT molecular complexity index is 878. The number of methoxy groups -OCH3 is 1. The third-order valence-corrected chi connectivity index (χ3v) is 3.26. The smallest absolute Gasteiger partial charge is 0.493 e. The molecule has 0 aliphatic carbocycles. The van der Waals surface area contributed by atoms with Gasteiger partial charge in [0.2, 0.25) is 5.91 Å². The highest BCUT2D eigenvalue weighted by Gasteiger charge is 2.32. The number of halogens is 3. The first-order chi connectivity index (χ1) is 12.7. The lowest BCUT2D eigenvalue weighted by atomic mass is 10.1. The molecular formula is C18H14F3NO5. The monoisotopic (exact) mass is 381 g/mol. The Hall–Kier alpha value is -3.49. The molecule has 0 spiro atoms. The van der Waals surface area contributed by atoms with Gasteiger partial charge in [-0.25, -0.2) is 4.79 Å². The van der Waals surface area contributed by atoms with Gasteiger partial charge < -0.3 is 19.9 Å². The average molecular weight is 381 g/mol. The fraction of sp³-hybridized carbons (Fsp3) is 0.111. The number of ether oxygens (including phenoxy) is 2. The van der Waals surface area contributed by atoms with E-state index in [4.69, 9.17) is 9.84 Å². The van der Waals surface area contributed by atoms with E-state index in [1.165, 1.54) is 43.5 Å². The molecule has 0 unspecified atom stereocenters. The van der Waals surface area contributed by atoms with Crippen LogP contribution in [0.5, 0.6) is 11.5 Å². The van der Waals surface area contributed by atoms with Crippen LogP contribution in [0.2, 0.25) is 0 Å². The predicted octanol–water partition coefficient (Wildman–Crippen LogP) is 3.94. The molecule has 2 N–H and O–H groups in total. The van der Waals surface area contributed by atoms with Crippen LogP contribution in [0.15, 0.2) is 48.5 Å². The first-order valence-corrected chi connectivity index (χ1v) is 7.45. The van der Waals surface area contributed by atoms with Crippen LogP contribution in [-0.2, 0) is 4.79 Å². The summed E-state index contributed by atoms with van der Waals surface area (Å²) in [5.74, 6) is -2.54. The topological polar surface area (TPSA) is 84.9 Å². The molecule has 0 aromatic heterocycles. The van der Waals surface area contributed by atoms with E-state index >= 15 is 0 Å². The number of rotatable bonds is 6. The Labute approximate surface area is 151 Å². The Kier molecular flexibility index (Phi) is 6.07. The average Bonchev–Trinajstić information content (AvgIpc) is 2.59. The lowest BCUT2D eigenvalue weighted by Crippen LogP contribution is -2.17. The van der Waals surface area contributed by atoms with Crippen LogP contribution in [0.4, 0.5) is 18.9 Å². The summed E-state index contributed by atoms with van der Waals surface area (Å²) < 4.78 is 46.0. The van der Waals surface area contributed by atoms with Crippen molar-refractivity contribution in [3.05, 3.63) is 59.7 Å². The van der Waals surface area contributed by atoms with E-state index in [1.807, 2.05) is 0 Å². The van der Waals surface area contributed by atoms with Gasteiger partial charge in [0, 0.05) is 6.08 Å². The SMILES string of the molecule is COc1ccc(/C=C/C(=O)Nc2ccccc2C(=O)O)cc1OC(F)(F)F. The number of para-hydroxylation sites is 1. The van der Waals surface area contributed by atoms with Crippen molar-refractivity contribution in [3.63, 3.8) is 0 Å². The van der Waals surface area contributed by atoms with Gasteiger partial charge in [0.05, 0.1) is 18.4 Å². The molecule has 2 rings (SSSR count). The quantitative estimate of drug-likeness (QED) is 0.741. The normalized spacial score (nSPS) is 11.3. The molecule has 0 bridgehead atoms. The van der Waals surface area contributed by atoms with Gasteiger partial charge >= 0.3 is 12.3 Å². The second-order valence-electron chi connectivity index (χ2n) is 5.13. The van der Waals surface area contributed by atoms with Crippen molar-refractivity contribution in [2.75, 3.05) is 12.4 Å². The van der Waals surface area contributed by atoms with E-state index in [0.717, 1.165) is 12.1 Å². The maximum atomic E-state index is 12.4. The number of hydrogen-bond donors (Lipinski definition) is 2. The Morgan fingerprint density at radius 3 is 2.44 bits per heavy atom. The summed E-state index contributed by atoms with van der Waals surface area (Å²) in [6, 6.07) is 9.55. The zero-order valence-electron chi connectivity index (χ0n) is 13.9. The molecular weight excluding hydrogens is 367 g/mol. The van der Waals surface area contributed by atoms with E-state index in [2.05, 4.69) is 10.1 Å². The molecule has 0 saturated carbocycles. The number of carbonyl (C=O) groups excluding carboxylic acids is 1. The predicted molar refractivity (Wildman–Crippen MR) is 90.7 cm³/mol. The fourth-order valence-electron chi connectivity index (χ4n) is 2.13. The lowest BCUT2D eigenvalue weighted by Gasteiger charge is -2.12. The molecule has 0 fully saturated rings. The molecule has 142 valence electrons. The lowest BCUT2D eigenvalue weighted by molar-refractivity contribution is -0.275. The van der Waals surface area contributed by atoms with Crippen molar-refractivity contribution in [1.29, 1.82) is 0 Å². The van der Waals surface area contributed by atoms with Crippen LogP contribution in [-0.4, -0.2) is 30.5 Å². The Morgan fingerprint density at radius 2 is 1.81 bits per heavy atom. The maximum absolute atomic E-state index is 12.4. The van der Waals surface area contributed by atoms with Crippen LogP contribution < -0.4 is 14.8 Å². The van der Waals surface area contributed by atoms with Crippen LogP contribution in [0, 0.1) is 0 Å². The zero-order chi connectivity index (χ0) is 20.0. The molecule has 2 aromatic carbocycles. The minimum absolute atomic E-state index is 0.0930. The van der Waals surface area contributed by atoms with Gasteiger partial charge in [0.1, 0.15) is 0 Å². The van der Waals surface area contributed by atoms with Crippen molar-refractivity contribution < 1.29 is 37.3 Å². The second-order valence-corrected chi connectivity index (χ2v) is 5.13. The standard InChI is InChI=1S/C18H14F3NO5/c1-26-14-8-6-11(10-15(14)27-18(19,20)21)7-9-16(23)22-13-5-3-2-4-12(13)17(24)25/h2-10H,1H3,(H,22,23)(H,24,25)/b9-7+.